The molecule has 0 radical (unpaired) electrons. The normalized spacial score (nSPS) is 21.4. The van der Waals surface area contributed by atoms with Gasteiger partial charge in [-0.3, -0.25) is 9.69 Å². The molecule has 1 aromatic heterocycles. The maximum absolute atomic E-state index is 11.3. The fraction of sp³-hybridized carbons (Fsp3) is 0.667. The molecule has 1 aliphatic heterocycles. The van der Waals surface area contributed by atoms with Gasteiger partial charge in [0.2, 0.25) is 5.91 Å². The highest BCUT2D eigenvalue weighted by Crippen LogP contribution is 2.17. The van der Waals surface area contributed by atoms with Gasteiger partial charge in [-0.05, 0) is 26.8 Å². The Hall–Kier alpha value is -0.940. The molecule has 1 saturated heterocycles. The lowest BCUT2D eigenvalue weighted by Gasteiger charge is -2.25. The van der Waals surface area contributed by atoms with E-state index in [-0.39, 0.29) is 5.91 Å². The molecule has 1 N–H and O–H groups in total. The van der Waals surface area contributed by atoms with Gasteiger partial charge in [0.15, 0.2) is 0 Å². The average molecular weight is 253 g/mol. The summed E-state index contributed by atoms with van der Waals surface area (Å²) < 4.78 is 0. The van der Waals surface area contributed by atoms with Crippen LogP contribution in [0.4, 0.5) is 0 Å². The van der Waals surface area contributed by atoms with Crippen LogP contribution in [0.15, 0.2) is 5.38 Å². The highest BCUT2D eigenvalue weighted by Gasteiger charge is 2.20. The van der Waals surface area contributed by atoms with Crippen molar-refractivity contribution in [1.82, 2.24) is 15.2 Å². The molecule has 4 nitrogen and oxygen atoms in total. The summed E-state index contributed by atoms with van der Waals surface area (Å²) in [6.07, 6.45) is 2.63. The third-order valence-electron chi connectivity index (χ3n) is 3.18. The Bertz CT molecular complexity index is 391. The molecular weight excluding hydrogens is 234 g/mol. The van der Waals surface area contributed by atoms with E-state index in [0.29, 0.717) is 12.5 Å². The fourth-order valence-corrected chi connectivity index (χ4v) is 3.00. The van der Waals surface area contributed by atoms with Crippen molar-refractivity contribution in [2.45, 2.75) is 38.8 Å². The molecule has 0 bridgehead atoms. The first-order valence-electron chi connectivity index (χ1n) is 6.03. The SMILES string of the molecule is Cc1csc(CN(C)[C@@H]2CCNC(=O)CC2)n1. The Morgan fingerprint density at radius 1 is 1.59 bits per heavy atom. The van der Waals surface area contributed by atoms with Gasteiger partial charge in [0.05, 0.1) is 6.54 Å². The second-order valence-electron chi connectivity index (χ2n) is 4.63. The number of nitrogens with zero attached hydrogens (tertiary/aromatic N) is 2. The van der Waals surface area contributed by atoms with Gasteiger partial charge in [-0.1, -0.05) is 0 Å². The van der Waals surface area contributed by atoms with E-state index in [1.165, 1.54) is 0 Å². The van der Waals surface area contributed by atoms with E-state index in [1.54, 1.807) is 11.3 Å². The molecule has 2 heterocycles. The zero-order chi connectivity index (χ0) is 12.3. The van der Waals surface area contributed by atoms with Crippen LogP contribution in [-0.4, -0.2) is 35.4 Å². The van der Waals surface area contributed by atoms with Gasteiger partial charge < -0.3 is 5.32 Å². The zero-order valence-electron chi connectivity index (χ0n) is 10.4. The molecule has 1 aliphatic rings. The lowest BCUT2D eigenvalue weighted by Crippen LogP contribution is -2.32. The predicted molar refractivity (Wildman–Crippen MR) is 69.0 cm³/mol. The number of hydrogen-bond acceptors (Lipinski definition) is 4. The van der Waals surface area contributed by atoms with Gasteiger partial charge in [0.25, 0.3) is 0 Å². The first-order chi connectivity index (χ1) is 8.15. The Morgan fingerprint density at radius 2 is 2.41 bits per heavy atom. The van der Waals surface area contributed by atoms with Gasteiger partial charge >= 0.3 is 0 Å². The number of thiazole rings is 1. The van der Waals surface area contributed by atoms with Crippen LogP contribution in [0.25, 0.3) is 0 Å². The highest BCUT2D eigenvalue weighted by atomic mass is 32.1. The molecule has 1 atom stereocenters. The van der Waals surface area contributed by atoms with Gasteiger partial charge in [-0.2, -0.15) is 0 Å². The second kappa shape index (κ2) is 5.60. The molecule has 0 saturated carbocycles. The lowest BCUT2D eigenvalue weighted by atomic mass is 10.1. The predicted octanol–water partition coefficient (Wildman–Crippen LogP) is 1.55. The second-order valence-corrected chi connectivity index (χ2v) is 5.57. The molecule has 1 amide bonds. The number of rotatable bonds is 3. The van der Waals surface area contributed by atoms with Crippen molar-refractivity contribution in [2.24, 2.45) is 0 Å². The first kappa shape index (κ1) is 12.5. The Kier molecular flexibility index (Phi) is 4.12. The van der Waals surface area contributed by atoms with Crippen LogP contribution in [0.5, 0.6) is 0 Å². The van der Waals surface area contributed by atoms with E-state index >= 15 is 0 Å². The van der Waals surface area contributed by atoms with E-state index in [9.17, 15) is 4.79 Å². The van der Waals surface area contributed by atoms with Crippen LogP contribution >= 0.6 is 11.3 Å². The van der Waals surface area contributed by atoms with Crippen molar-refractivity contribution >= 4 is 17.2 Å². The smallest absolute Gasteiger partial charge is 0.220 e. The number of nitrogens with one attached hydrogen (secondary N) is 1. The van der Waals surface area contributed by atoms with Gasteiger partial charge in [-0.25, -0.2) is 4.98 Å². The molecule has 5 heteroatoms. The molecule has 94 valence electrons. The minimum Gasteiger partial charge on any atom is -0.356 e. The Balaban J connectivity index is 1.90. The Labute approximate surface area is 106 Å². The largest absolute Gasteiger partial charge is 0.356 e. The average Bonchev–Trinajstić information content (AvgIpc) is 2.56. The van der Waals surface area contributed by atoms with Crippen molar-refractivity contribution in [3.8, 4) is 0 Å². The summed E-state index contributed by atoms with van der Waals surface area (Å²) >= 11 is 1.71. The molecule has 0 spiro atoms. The molecular formula is C12H19N3OS. The van der Waals surface area contributed by atoms with Crippen molar-refractivity contribution in [1.29, 1.82) is 0 Å². The van der Waals surface area contributed by atoms with Crippen LogP contribution < -0.4 is 5.32 Å². The first-order valence-corrected chi connectivity index (χ1v) is 6.91. The monoisotopic (exact) mass is 253 g/mol. The van der Waals surface area contributed by atoms with Gasteiger partial charge in [0.1, 0.15) is 5.01 Å². The summed E-state index contributed by atoms with van der Waals surface area (Å²) in [4.78, 5) is 18.1. The van der Waals surface area contributed by atoms with Crippen LogP contribution in [0.3, 0.4) is 0 Å². The fourth-order valence-electron chi connectivity index (χ4n) is 2.17. The van der Waals surface area contributed by atoms with Crippen molar-refractivity contribution < 1.29 is 4.79 Å². The molecule has 1 fully saturated rings. The minimum absolute atomic E-state index is 0.186. The van der Waals surface area contributed by atoms with Crippen molar-refractivity contribution in [3.05, 3.63) is 16.1 Å². The number of aromatic nitrogens is 1. The minimum atomic E-state index is 0.186. The molecule has 2 rings (SSSR count). The summed E-state index contributed by atoms with van der Waals surface area (Å²) in [5, 5.41) is 6.16. The molecule has 17 heavy (non-hydrogen) atoms. The standard InChI is InChI=1S/C12H19N3OS/c1-9-8-17-12(14-9)7-15(2)10-3-4-11(16)13-6-5-10/h8,10H,3-7H2,1-2H3,(H,13,16)/t10-/m0/s1. The van der Waals surface area contributed by atoms with Crippen LogP contribution in [0, 0.1) is 6.92 Å². The van der Waals surface area contributed by atoms with Gasteiger partial charge in [-0.15, -0.1) is 11.3 Å². The van der Waals surface area contributed by atoms with E-state index in [2.05, 4.69) is 27.6 Å². The number of carbonyl (C=O) groups excluding carboxylic acids is 1. The summed E-state index contributed by atoms with van der Waals surface area (Å²) in [5.41, 5.74) is 1.09. The molecule has 0 aromatic carbocycles. The summed E-state index contributed by atoms with van der Waals surface area (Å²) in [7, 11) is 2.12. The molecule has 1 aromatic rings. The summed E-state index contributed by atoms with van der Waals surface area (Å²) in [6.45, 7) is 3.70. The van der Waals surface area contributed by atoms with Crippen LogP contribution in [0.2, 0.25) is 0 Å². The number of hydrogen-bond donors (Lipinski definition) is 1. The topological polar surface area (TPSA) is 45.2 Å². The maximum atomic E-state index is 11.3. The maximum Gasteiger partial charge on any atom is 0.220 e. The van der Waals surface area contributed by atoms with Crippen molar-refractivity contribution in [2.75, 3.05) is 13.6 Å². The lowest BCUT2D eigenvalue weighted by molar-refractivity contribution is -0.120. The third kappa shape index (κ3) is 3.51. The quantitative estimate of drug-likeness (QED) is 0.889. The van der Waals surface area contributed by atoms with Crippen LogP contribution in [0.1, 0.15) is 30.0 Å². The van der Waals surface area contributed by atoms with E-state index in [4.69, 9.17) is 0 Å². The Morgan fingerprint density at radius 3 is 3.12 bits per heavy atom. The van der Waals surface area contributed by atoms with Gasteiger partial charge in [0, 0.05) is 30.1 Å². The third-order valence-corrected chi connectivity index (χ3v) is 4.13. The number of carbonyl (C=O) groups is 1. The molecule has 0 unspecified atom stereocenters. The number of aryl methyl sites for hydroxylation is 1. The van der Waals surface area contributed by atoms with E-state index < -0.39 is 0 Å². The zero-order valence-corrected chi connectivity index (χ0v) is 11.2. The number of amides is 1. The van der Waals surface area contributed by atoms with Crippen molar-refractivity contribution in [3.63, 3.8) is 0 Å². The summed E-state index contributed by atoms with van der Waals surface area (Å²) in [6, 6.07) is 0.484. The van der Waals surface area contributed by atoms with E-state index in [0.717, 1.165) is 36.6 Å². The van der Waals surface area contributed by atoms with E-state index in [1.807, 2.05) is 6.92 Å². The molecule has 0 aliphatic carbocycles. The van der Waals surface area contributed by atoms with Crippen LogP contribution in [-0.2, 0) is 11.3 Å². The highest BCUT2D eigenvalue weighted by molar-refractivity contribution is 7.09. The summed E-state index contributed by atoms with van der Waals surface area (Å²) in [5.74, 6) is 0.186.